The summed E-state index contributed by atoms with van der Waals surface area (Å²) in [5.41, 5.74) is 1.02. The van der Waals surface area contributed by atoms with Gasteiger partial charge in [0.05, 0.1) is 5.92 Å². The number of nitrogens with one attached hydrogen (secondary N) is 2. The molecule has 2 aliphatic rings. The van der Waals surface area contributed by atoms with E-state index < -0.39 is 0 Å². The Kier molecular flexibility index (Phi) is 4.36. The van der Waals surface area contributed by atoms with Gasteiger partial charge in [-0.2, -0.15) is 0 Å². The largest absolute Gasteiger partial charge is 0.492 e. The van der Waals surface area contributed by atoms with E-state index in [2.05, 4.69) is 17.6 Å². The number of piperidine rings is 1. The molecule has 1 saturated heterocycles. The third kappa shape index (κ3) is 3.33. The molecule has 0 aliphatic carbocycles. The first kappa shape index (κ1) is 14.7. The summed E-state index contributed by atoms with van der Waals surface area (Å²) in [6.45, 7) is 4.54. The van der Waals surface area contributed by atoms with E-state index in [1.54, 1.807) is 0 Å². The number of ether oxygens (including phenoxy) is 1. The van der Waals surface area contributed by atoms with Crippen LogP contribution in [0.2, 0.25) is 5.02 Å². The number of hydrogen-bond acceptors (Lipinski definition) is 3. The molecule has 2 aliphatic heterocycles. The van der Waals surface area contributed by atoms with Gasteiger partial charge >= 0.3 is 0 Å². The Hall–Kier alpha value is -1.26. The van der Waals surface area contributed by atoms with E-state index in [1.807, 2.05) is 18.2 Å². The minimum Gasteiger partial charge on any atom is -0.492 e. The zero-order valence-electron chi connectivity index (χ0n) is 12.2. The number of benzene rings is 1. The van der Waals surface area contributed by atoms with Gasteiger partial charge in [-0.05, 0) is 55.6 Å². The van der Waals surface area contributed by atoms with E-state index in [0.717, 1.165) is 30.8 Å². The van der Waals surface area contributed by atoms with Crippen LogP contribution in [0.5, 0.6) is 5.75 Å². The Morgan fingerprint density at radius 2 is 2.33 bits per heavy atom. The topological polar surface area (TPSA) is 50.4 Å². The second-order valence-corrected chi connectivity index (χ2v) is 6.49. The van der Waals surface area contributed by atoms with Gasteiger partial charge in [-0.15, -0.1) is 0 Å². The highest BCUT2D eigenvalue weighted by atomic mass is 35.5. The molecule has 21 heavy (non-hydrogen) atoms. The minimum absolute atomic E-state index is 0.0966. The minimum atomic E-state index is -0.127. The van der Waals surface area contributed by atoms with Crippen molar-refractivity contribution in [3.63, 3.8) is 0 Å². The predicted molar refractivity (Wildman–Crippen MR) is 82.7 cm³/mol. The molecule has 3 atom stereocenters. The maximum Gasteiger partial charge on any atom is 0.227 e. The number of amides is 1. The second-order valence-electron chi connectivity index (χ2n) is 6.05. The smallest absolute Gasteiger partial charge is 0.227 e. The van der Waals surface area contributed by atoms with Crippen molar-refractivity contribution in [2.24, 2.45) is 11.8 Å². The van der Waals surface area contributed by atoms with Crippen LogP contribution in [0.3, 0.4) is 0 Å². The third-order valence-corrected chi connectivity index (χ3v) is 4.65. The number of fused-ring (bicyclic) bond motifs is 1. The van der Waals surface area contributed by atoms with Crippen LogP contribution in [0.15, 0.2) is 18.2 Å². The molecule has 0 spiro atoms. The predicted octanol–water partition coefficient (Wildman–Crippen LogP) is 2.01. The molecule has 1 fully saturated rings. The Morgan fingerprint density at radius 3 is 3.14 bits per heavy atom. The molecule has 1 amide bonds. The molecule has 3 rings (SSSR count). The van der Waals surface area contributed by atoms with Crippen molar-refractivity contribution in [2.75, 3.05) is 19.7 Å². The summed E-state index contributed by atoms with van der Waals surface area (Å²) in [5.74, 6) is 1.28. The Labute approximate surface area is 130 Å². The average Bonchev–Trinajstić information content (AvgIpc) is 2.48. The molecule has 1 aromatic rings. The summed E-state index contributed by atoms with van der Waals surface area (Å²) in [5, 5.41) is 7.22. The van der Waals surface area contributed by atoms with Crippen LogP contribution in [0.4, 0.5) is 0 Å². The molecule has 2 heterocycles. The van der Waals surface area contributed by atoms with Gasteiger partial charge in [0, 0.05) is 11.1 Å². The summed E-state index contributed by atoms with van der Waals surface area (Å²) in [4.78, 5) is 12.5. The van der Waals surface area contributed by atoms with E-state index in [0.29, 0.717) is 24.0 Å². The lowest BCUT2D eigenvalue weighted by Gasteiger charge is -2.32. The lowest BCUT2D eigenvalue weighted by atomic mass is 9.92. The summed E-state index contributed by atoms with van der Waals surface area (Å²) in [6.07, 6.45) is 1.68. The summed E-state index contributed by atoms with van der Waals surface area (Å²) >= 11 is 6.02. The Morgan fingerprint density at radius 1 is 1.48 bits per heavy atom. The fourth-order valence-electron chi connectivity index (χ4n) is 3.06. The molecule has 0 aromatic heterocycles. The standard InChI is InChI=1S/C16H21ClN2O2/c1-10-8-18-5-4-14(10)19-16(20)12-6-11-7-13(17)2-3-15(11)21-9-12/h2-3,7,10,12,14,18H,4-6,8-9H2,1H3,(H,19,20). The van der Waals surface area contributed by atoms with Gasteiger partial charge in [0.2, 0.25) is 5.91 Å². The molecule has 3 unspecified atom stereocenters. The highest BCUT2D eigenvalue weighted by molar-refractivity contribution is 6.30. The van der Waals surface area contributed by atoms with Crippen molar-refractivity contribution in [2.45, 2.75) is 25.8 Å². The summed E-state index contributed by atoms with van der Waals surface area (Å²) in [6, 6.07) is 5.85. The van der Waals surface area contributed by atoms with Crippen molar-refractivity contribution in [3.8, 4) is 5.75 Å². The van der Waals surface area contributed by atoms with Crippen LogP contribution < -0.4 is 15.4 Å². The quantitative estimate of drug-likeness (QED) is 0.878. The zero-order valence-corrected chi connectivity index (χ0v) is 13.0. The highest BCUT2D eigenvalue weighted by Gasteiger charge is 2.29. The van der Waals surface area contributed by atoms with Crippen LogP contribution in [0.1, 0.15) is 18.9 Å². The molecule has 1 aromatic carbocycles. The fourth-order valence-corrected chi connectivity index (χ4v) is 3.26. The first-order chi connectivity index (χ1) is 10.1. The first-order valence-corrected chi connectivity index (χ1v) is 7.93. The number of carbonyl (C=O) groups is 1. The lowest BCUT2D eigenvalue weighted by molar-refractivity contribution is -0.127. The van der Waals surface area contributed by atoms with Gasteiger partial charge < -0.3 is 15.4 Å². The van der Waals surface area contributed by atoms with E-state index in [9.17, 15) is 4.79 Å². The SMILES string of the molecule is CC1CNCCC1NC(=O)C1COc2ccc(Cl)cc2C1. The number of carbonyl (C=O) groups excluding carboxylic acids is 1. The molecule has 0 saturated carbocycles. The van der Waals surface area contributed by atoms with Crippen molar-refractivity contribution in [3.05, 3.63) is 28.8 Å². The van der Waals surface area contributed by atoms with Gasteiger partial charge in [0.1, 0.15) is 12.4 Å². The molecule has 0 bridgehead atoms. The number of hydrogen-bond donors (Lipinski definition) is 2. The van der Waals surface area contributed by atoms with E-state index >= 15 is 0 Å². The normalized spacial score (nSPS) is 28.4. The molecular formula is C16H21ClN2O2. The van der Waals surface area contributed by atoms with Crippen LogP contribution in [0.25, 0.3) is 0 Å². The molecule has 0 radical (unpaired) electrons. The van der Waals surface area contributed by atoms with E-state index in [-0.39, 0.29) is 17.9 Å². The van der Waals surface area contributed by atoms with Crippen molar-refractivity contribution >= 4 is 17.5 Å². The molecule has 114 valence electrons. The number of rotatable bonds is 2. The maximum absolute atomic E-state index is 12.5. The van der Waals surface area contributed by atoms with Crippen molar-refractivity contribution < 1.29 is 9.53 Å². The van der Waals surface area contributed by atoms with Gasteiger partial charge in [-0.3, -0.25) is 4.79 Å². The second kappa shape index (κ2) is 6.24. The highest BCUT2D eigenvalue weighted by Crippen LogP contribution is 2.30. The molecule has 2 N–H and O–H groups in total. The van der Waals surface area contributed by atoms with Gasteiger partial charge in [-0.25, -0.2) is 0 Å². The van der Waals surface area contributed by atoms with E-state index in [1.165, 1.54) is 0 Å². The zero-order chi connectivity index (χ0) is 14.8. The summed E-state index contributed by atoms with van der Waals surface area (Å²) < 4.78 is 5.70. The van der Waals surface area contributed by atoms with Crippen LogP contribution in [0, 0.1) is 11.8 Å². The average molecular weight is 309 g/mol. The van der Waals surface area contributed by atoms with Gasteiger partial charge in [-0.1, -0.05) is 18.5 Å². The lowest BCUT2D eigenvalue weighted by Crippen LogP contribution is -2.51. The Balaban J connectivity index is 1.63. The molecule has 5 heteroatoms. The maximum atomic E-state index is 12.5. The van der Waals surface area contributed by atoms with Crippen LogP contribution >= 0.6 is 11.6 Å². The monoisotopic (exact) mass is 308 g/mol. The fraction of sp³-hybridized carbons (Fsp3) is 0.562. The third-order valence-electron chi connectivity index (χ3n) is 4.41. The van der Waals surface area contributed by atoms with Crippen LogP contribution in [-0.2, 0) is 11.2 Å². The first-order valence-electron chi connectivity index (χ1n) is 7.56. The van der Waals surface area contributed by atoms with Crippen molar-refractivity contribution in [1.29, 1.82) is 0 Å². The molecular weight excluding hydrogens is 288 g/mol. The van der Waals surface area contributed by atoms with Crippen LogP contribution in [-0.4, -0.2) is 31.6 Å². The number of halogens is 1. The summed E-state index contributed by atoms with van der Waals surface area (Å²) in [7, 11) is 0. The van der Waals surface area contributed by atoms with Gasteiger partial charge in [0.15, 0.2) is 0 Å². The molecule has 4 nitrogen and oxygen atoms in total. The van der Waals surface area contributed by atoms with Gasteiger partial charge in [0.25, 0.3) is 0 Å². The Bertz CT molecular complexity index is 535. The van der Waals surface area contributed by atoms with Crippen molar-refractivity contribution in [1.82, 2.24) is 10.6 Å². The van der Waals surface area contributed by atoms with E-state index in [4.69, 9.17) is 16.3 Å².